The molecule has 0 aromatic carbocycles. The number of hydrogen-bond donors (Lipinski definition) is 1. The molecular formula is C14H19FN4O2. The van der Waals surface area contributed by atoms with Crippen molar-refractivity contribution in [3.05, 3.63) is 18.2 Å². The summed E-state index contributed by atoms with van der Waals surface area (Å²) in [7, 11) is 1.88. The van der Waals surface area contributed by atoms with E-state index in [1.165, 1.54) is 12.4 Å². The van der Waals surface area contributed by atoms with Gasteiger partial charge in [-0.2, -0.15) is 0 Å². The van der Waals surface area contributed by atoms with Gasteiger partial charge >= 0.3 is 5.97 Å². The van der Waals surface area contributed by atoms with Gasteiger partial charge in [0, 0.05) is 19.6 Å². The van der Waals surface area contributed by atoms with E-state index in [-0.39, 0.29) is 11.5 Å². The van der Waals surface area contributed by atoms with E-state index in [1.807, 2.05) is 16.8 Å². The topological polar surface area (TPSA) is 69.6 Å². The molecule has 0 bridgehead atoms. The lowest BCUT2D eigenvalue weighted by Crippen LogP contribution is -2.42. The third-order valence-electron chi connectivity index (χ3n) is 4.74. The molecule has 1 aromatic heterocycles. The minimum absolute atomic E-state index is 0.0777. The van der Waals surface area contributed by atoms with E-state index in [9.17, 15) is 14.3 Å². The summed E-state index contributed by atoms with van der Waals surface area (Å²) in [5.41, 5.74) is 0.0777. The number of aromatic nitrogens is 2. The second kappa shape index (κ2) is 5.22. The number of rotatable bonds is 2. The third-order valence-corrected chi connectivity index (χ3v) is 4.74. The first-order valence-electron chi connectivity index (χ1n) is 7.15. The van der Waals surface area contributed by atoms with E-state index in [0.29, 0.717) is 12.4 Å². The molecule has 2 fully saturated rings. The maximum absolute atomic E-state index is 12.9. The molecule has 0 aliphatic carbocycles. The number of nitrogens with zero attached hydrogens (tertiary/aromatic N) is 4. The second-order valence-corrected chi connectivity index (χ2v) is 6.16. The Morgan fingerprint density at radius 3 is 2.52 bits per heavy atom. The normalized spacial score (nSPS) is 25.4. The van der Waals surface area contributed by atoms with Gasteiger partial charge in [-0.25, -0.2) is 14.4 Å². The number of anilines is 1. The summed E-state index contributed by atoms with van der Waals surface area (Å²) in [6.45, 7) is 2.39. The van der Waals surface area contributed by atoms with Crippen molar-refractivity contribution in [2.24, 2.45) is 5.41 Å². The van der Waals surface area contributed by atoms with Gasteiger partial charge in [0.1, 0.15) is 6.04 Å². The van der Waals surface area contributed by atoms with Crippen LogP contribution in [0.4, 0.5) is 10.3 Å². The fourth-order valence-corrected chi connectivity index (χ4v) is 3.56. The zero-order valence-electron chi connectivity index (χ0n) is 12.0. The monoisotopic (exact) mass is 294 g/mol. The van der Waals surface area contributed by atoms with Crippen molar-refractivity contribution in [3.8, 4) is 0 Å². The Hall–Kier alpha value is -1.76. The Kier molecular flexibility index (Phi) is 3.52. The van der Waals surface area contributed by atoms with Crippen LogP contribution in [0.3, 0.4) is 0 Å². The van der Waals surface area contributed by atoms with Gasteiger partial charge in [-0.3, -0.25) is 9.69 Å². The van der Waals surface area contributed by atoms with Crippen LogP contribution < -0.4 is 4.90 Å². The predicted molar refractivity (Wildman–Crippen MR) is 74.5 cm³/mol. The Morgan fingerprint density at radius 2 is 2.00 bits per heavy atom. The molecule has 3 heterocycles. The lowest BCUT2D eigenvalue weighted by Gasteiger charge is -2.39. The number of halogens is 1. The largest absolute Gasteiger partial charge is 0.480 e. The third kappa shape index (κ3) is 2.70. The van der Waals surface area contributed by atoms with Crippen LogP contribution in [0.2, 0.25) is 0 Å². The van der Waals surface area contributed by atoms with Crippen LogP contribution in [0.15, 0.2) is 12.4 Å². The van der Waals surface area contributed by atoms with Crippen molar-refractivity contribution in [2.75, 3.05) is 31.6 Å². The van der Waals surface area contributed by atoms with Crippen molar-refractivity contribution in [1.82, 2.24) is 14.9 Å². The van der Waals surface area contributed by atoms with Gasteiger partial charge in [0.25, 0.3) is 0 Å². The first-order chi connectivity index (χ1) is 9.99. The van der Waals surface area contributed by atoms with Gasteiger partial charge in [-0.05, 0) is 31.7 Å². The van der Waals surface area contributed by atoms with E-state index in [4.69, 9.17) is 0 Å². The molecule has 21 heavy (non-hydrogen) atoms. The van der Waals surface area contributed by atoms with Gasteiger partial charge in [0.2, 0.25) is 5.95 Å². The summed E-state index contributed by atoms with van der Waals surface area (Å²) < 4.78 is 12.9. The molecule has 114 valence electrons. The van der Waals surface area contributed by atoms with Crippen LogP contribution in [0.1, 0.15) is 19.3 Å². The van der Waals surface area contributed by atoms with Crippen LogP contribution in [-0.2, 0) is 4.79 Å². The highest BCUT2D eigenvalue weighted by molar-refractivity contribution is 5.74. The van der Waals surface area contributed by atoms with Gasteiger partial charge in [0.05, 0.1) is 12.4 Å². The summed E-state index contributed by atoms with van der Waals surface area (Å²) in [6.07, 6.45) is 4.90. The zero-order valence-corrected chi connectivity index (χ0v) is 12.0. The molecule has 2 aliphatic heterocycles. The summed E-state index contributed by atoms with van der Waals surface area (Å²) >= 11 is 0. The van der Waals surface area contributed by atoms with Gasteiger partial charge in [-0.1, -0.05) is 0 Å². The lowest BCUT2D eigenvalue weighted by molar-refractivity contribution is -0.141. The molecule has 1 atom stereocenters. The number of aliphatic carboxylic acids is 1. The minimum atomic E-state index is -0.737. The van der Waals surface area contributed by atoms with Crippen molar-refractivity contribution >= 4 is 11.9 Å². The molecule has 1 aromatic rings. The molecule has 3 rings (SSSR count). The highest BCUT2D eigenvalue weighted by Crippen LogP contribution is 2.43. The summed E-state index contributed by atoms with van der Waals surface area (Å²) in [6, 6.07) is -0.376. The van der Waals surface area contributed by atoms with Crippen molar-refractivity contribution in [2.45, 2.75) is 25.3 Å². The quantitative estimate of drug-likeness (QED) is 0.877. The number of carbonyl (C=O) groups is 1. The molecule has 0 radical (unpaired) electrons. The molecule has 0 unspecified atom stereocenters. The highest BCUT2D eigenvalue weighted by atomic mass is 19.1. The first-order valence-corrected chi connectivity index (χ1v) is 7.15. The Labute approximate surface area is 122 Å². The standard InChI is InChI=1S/C14H19FN4O2/c1-18-9-14(6-11(18)12(20)21)2-4-19(5-3-14)13-16-7-10(15)8-17-13/h7-8,11H,2-6,9H2,1H3,(H,20,21)/t11-/m1/s1. The van der Waals surface area contributed by atoms with Gasteiger partial charge < -0.3 is 10.0 Å². The fourth-order valence-electron chi connectivity index (χ4n) is 3.56. The molecule has 2 aliphatic rings. The first kappa shape index (κ1) is 14.2. The van der Waals surface area contributed by atoms with E-state index < -0.39 is 11.8 Å². The Balaban J connectivity index is 1.65. The molecule has 0 amide bonds. The number of hydrogen-bond acceptors (Lipinski definition) is 5. The molecule has 6 nitrogen and oxygen atoms in total. The molecule has 0 saturated carbocycles. The average molecular weight is 294 g/mol. The predicted octanol–water partition coefficient (Wildman–Crippen LogP) is 0.991. The van der Waals surface area contributed by atoms with E-state index in [0.717, 1.165) is 32.5 Å². The molecule has 1 spiro atoms. The molecule has 7 heteroatoms. The zero-order chi connectivity index (χ0) is 15.0. The number of carboxylic acids is 1. The van der Waals surface area contributed by atoms with Crippen LogP contribution in [-0.4, -0.2) is 58.7 Å². The van der Waals surface area contributed by atoms with E-state index >= 15 is 0 Å². The fraction of sp³-hybridized carbons (Fsp3) is 0.643. The second-order valence-electron chi connectivity index (χ2n) is 6.16. The molecule has 1 N–H and O–H groups in total. The number of piperidine rings is 1. The maximum Gasteiger partial charge on any atom is 0.320 e. The number of likely N-dealkylation sites (tertiary alicyclic amines) is 1. The summed E-state index contributed by atoms with van der Waals surface area (Å²) in [5, 5.41) is 9.25. The van der Waals surface area contributed by atoms with Crippen molar-refractivity contribution < 1.29 is 14.3 Å². The van der Waals surface area contributed by atoms with Crippen LogP contribution >= 0.6 is 0 Å². The number of likely N-dealkylation sites (N-methyl/N-ethyl adjacent to an activating group) is 1. The smallest absolute Gasteiger partial charge is 0.320 e. The van der Waals surface area contributed by atoms with Crippen molar-refractivity contribution in [3.63, 3.8) is 0 Å². The molecular weight excluding hydrogens is 275 g/mol. The number of carboxylic acid groups (broad SMARTS) is 1. The van der Waals surface area contributed by atoms with Crippen LogP contribution in [0, 0.1) is 11.2 Å². The Bertz CT molecular complexity index is 528. The van der Waals surface area contributed by atoms with E-state index in [2.05, 4.69) is 9.97 Å². The average Bonchev–Trinajstić information content (AvgIpc) is 2.78. The Morgan fingerprint density at radius 1 is 1.38 bits per heavy atom. The lowest BCUT2D eigenvalue weighted by atomic mass is 9.76. The summed E-state index contributed by atoms with van der Waals surface area (Å²) in [5.74, 6) is -0.625. The highest BCUT2D eigenvalue weighted by Gasteiger charge is 2.46. The summed E-state index contributed by atoms with van der Waals surface area (Å²) in [4.78, 5) is 23.2. The van der Waals surface area contributed by atoms with Crippen LogP contribution in [0.25, 0.3) is 0 Å². The minimum Gasteiger partial charge on any atom is -0.480 e. The van der Waals surface area contributed by atoms with E-state index in [1.54, 1.807) is 0 Å². The van der Waals surface area contributed by atoms with Crippen molar-refractivity contribution in [1.29, 1.82) is 0 Å². The maximum atomic E-state index is 12.9. The SMILES string of the molecule is CN1CC2(CCN(c3ncc(F)cn3)CC2)C[C@@H]1C(=O)O. The van der Waals surface area contributed by atoms with Gasteiger partial charge in [-0.15, -0.1) is 0 Å². The molecule has 2 saturated heterocycles. The van der Waals surface area contributed by atoms with Crippen LogP contribution in [0.5, 0.6) is 0 Å². The van der Waals surface area contributed by atoms with Gasteiger partial charge in [0.15, 0.2) is 5.82 Å².